The summed E-state index contributed by atoms with van der Waals surface area (Å²) in [5.41, 5.74) is 1.94. The first-order valence-electron chi connectivity index (χ1n) is 8.02. The van der Waals surface area contributed by atoms with Crippen LogP contribution >= 0.6 is 0 Å². The fourth-order valence-corrected chi connectivity index (χ4v) is 2.41. The van der Waals surface area contributed by atoms with E-state index in [0.29, 0.717) is 19.0 Å². The van der Waals surface area contributed by atoms with E-state index in [2.05, 4.69) is 34.6 Å². The Labute approximate surface area is 142 Å². The molecule has 0 bridgehead atoms. The third-order valence-corrected chi connectivity index (χ3v) is 3.70. The summed E-state index contributed by atoms with van der Waals surface area (Å²) in [4.78, 5) is 16.7. The van der Waals surface area contributed by atoms with E-state index in [1.165, 1.54) is 0 Å². The molecule has 0 spiro atoms. The van der Waals surface area contributed by atoms with Crippen LogP contribution in [0.1, 0.15) is 31.1 Å². The van der Waals surface area contributed by atoms with Crippen molar-refractivity contribution in [2.24, 2.45) is 5.92 Å². The third kappa shape index (κ3) is 4.79. The van der Waals surface area contributed by atoms with Crippen LogP contribution in [0.25, 0.3) is 0 Å². The maximum absolute atomic E-state index is 12.3. The summed E-state index contributed by atoms with van der Waals surface area (Å²) in [5, 5.41) is 10.0. The zero-order valence-corrected chi connectivity index (χ0v) is 14.6. The third-order valence-electron chi connectivity index (χ3n) is 3.70. The van der Waals surface area contributed by atoms with Gasteiger partial charge in [0.05, 0.1) is 24.9 Å². The van der Waals surface area contributed by atoms with E-state index in [0.717, 1.165) is 11.3 Å². The number of rotatable bonds is 7. The van der Waals surface area contributed by atoms with Crippen molar-refractivity contribution in [1.82, 2.24) is 20.1 Å². The normalized spacial score (nSPS) is 12.2. The number of urea groups is 1. The summed E-state index contributed by atoms with van der Waals surface area (Å²) in [6.07, 6.45) is 3.55. The minimum atomic E-state index is -0.296. The second kappa shape index (κ2) is 8.44. The van der Waals surface area contributed by atoms with Gasteiger partial charge in [0.25, 0.3) is 0 Å². The topological polar surface area (TPSA) is 81.1 Å². The lowest BCUT2D eigenvalue weighted by molar-refractivity contribution is 0.183. The number of pyridine rings is 1. The van der Waals surface area contributed by atoms with Gasteiger partial charge in [-0.3, -0.25) is 15.0 Å². The molecule has 2 N–H and O–H groups in total. The Balaban J connectivity index is 2.01. The van der Waals surface area contributed by atoms with E-state index in [4.69, 9.17) is 4.74 Å². The number of aryl methyl sites for hydroxylation is 1. The van der Waals surface area contributed by atoms with Crippen LogP contribution in [0.2, 0.25) is 0 Å². The van der Waals surface area contributed by atoms with Crippen molar-refractivity contribution in [1.29, 1.82) is 0 Å². The molecule has 2 aromatic rings. The van der Waals surface area contributed by atoms with Crippen molar-refractivity contribution in [3.05, 3.63) is 41.9 Å². The fourth-order valence-electron chi connectivity index (χ4n) is 2.41. The fraction of sp³-hybridized carbons (Fsp3) is 0.471. The number of carbonyl (C=O) groups excluding carboxylic acids is 1. The largest absolute Gasteiger partial charge is 0.383 e. The molecule has 0 aliphatic carbocycles. The van der Waals surface area contributed by atoms with Crippen molar-refractivity contribution < 1.29 is 9.53 Å². The molecular weight excluding hydrogens is 306 g/mol. The van der Waals surface area contributed by atoms with Crippen LogP contribution in [0, 0.1) is 12.8 Å². The molecule has 24 heavy (non-hydrogen) atoms. The number of ether oxygens (including phenoxy) is 1. The molecule has 7 nitrogen and oxygen atoms in total. The van der Waals surface area contributed by atoms with Gasteiger partial charge in [0, 0.05) is 25.6 Å². The predicted octanol–water partition coefficient (Wildman–Crippen LogP) is 2.75. The molecule has 2 rings (SSSR count). The molecule has 130 valence electrons. The summed E-state index contributed by atoms with van der Waals surface area (Å²) >= 11 is 0. The lowest BCUT2D eigenvalue weighted by atomic mass is 9.97. The molecule has 0 radical (unpaired) electrons. The average Bonchev–Trinajstić information content (AvgIpc) is 2.98. The zero-order chi connectivity index (χ0) is 17.5. The number of aromatic nitrogens is 3. The van der Waals surface area contributed by atoms with Gasteiger partial charge in [-0.1, -0.05) is 19.9 Å². The van der Waals surface area contributed by atoms with E-state index in [-0.39, 0.29) is 18.0 Å². The molecule has 2 aromatic heterocycles. The van der Waals surface area contributed by atoms with E-state index in [1.807, 2.05) is 19.1 Å². The summed E-state index contributed by atoms with van der Waals surface area (Å²) in [6.45, 7) is 7.31. The van der Waals surface area contributed by atoms with Gasteiger partial charge in [-0.2, -0.15) is 5.10 Å². The van der Waals surface area contributed by atoms with Crippen molar-refractivity contribution in [3.8, 4) is 0 Å². The molecule has 0 saturated heterocycles. The Bertz CT molecular complexity index is 669. The van der Waals surface area contributed by atoms with Gasteiger partial charge in [-0.25, -0.2) is 4.79 Å². The Kier molecular flexibility index (Phi) is 6.31. The second-order valence-electron chi connectivity index (χ2n) is 5.98. The quantitative estimate of drug-likeness (QED) is 0.817. The van der Waals surface area contributed by atoms with E-state index < -0.39 is 0 Å². The van der Waals surface area contributed by atoms with Crippen molar-refractivity contribution in [3.63, 3.8) is 0 Å². The minimum Gasteiger partial charge on any atom is -0.383 e. The summed E-state index contributed by atoms with van der Waals surface area (Å²) in [5.74, 6) is 0.715. The van der Waals surface area contributed by atoms with Crippen LogP contribution in [0.4, 0.5) is 10.6 Å². The van der Waals surface area contributed by atoms with Crippen molar-refractivity contribution in [2.45, 2.75) is 33.4 Å². The molecule has 7 heteroatoms. The van der Waals surface area contributed by atoms with Crippen LogP contribution < -0.4 is 10.6 Å². The highest BCUT2D eigenvalue weighted by Gasteiger charge is 2.21. The van der Waals surface area contributed by atoms with Crippen molar-refractivity contribution >= 4 is 11.8 Å². The van der Waals surface area contributed by atoms with Gasteiger partial charge in [-0.15, -0.1) is 0 Å². The molecule has 1 atom stereocenters. The molecule has 0 aliphatic heterocycles. The number of methoxy groups -OCH3 is 1. The number of amides is 2. The molecule has 0 aromatic carbocycles. The second-order valence-corrected chi connectivity index (χ2v) is 5.98. The van der Waals surface area contributed by atoms with Gasteiger partial charge in [-0.05, 0) is 24.5 Å². The van der Waals surface area contributed by atoms with Gasteiger partial charge in [0.1, 0.15) is 0 Å². The smallest absolute Gasteiger partial charge is 0.320 e. The van der Waals surface area contributed by atoms with E-state index in [9.17, 15) is 4.79 Å². The molecule has 0 saturated carbocycles. The molecule has 0 unspecified atom stereocenters. The monoisotopic (exact) mass is 331 g/mol. The van der Waals surface area contributed by atoms with E-state index in [1.54, 1.807) is 30.3 Å². The first-order valence-corrected chi connectivity index (χ1v) is 8.02. The number of carbonyl (C=O) groups is 1. The SMILES string of the molecule is COCCn1ccc(NC(=O)N[C@@H](c2ncccc2C)C(C)C)n1. The van der Waals surface area contributed by atoms with Gasteiger partial charge >= 0.3 is 6.03 Å². The Morgan fingerprint density at radius 2 is 2.17 bits per heavy atom. The lowest BCUT2D eigenvalue weighted by Crippen LogP contribution is -2.36. The Morgan fingerprint density at radius 1 is 1.38 bits per heavy atom. The van der Waals surface area contributed by atoms with Gasteiger partial charge in [0.15, 0.2) is 5.82 Å². The highest BCUT2D eigenvalue weighted by atomic mass is 16.5. The van der Waals surface area contributed by atoms with E-state index >= 15 is 0 Å². The molecule has 2 heterocycles. The van der Waals surface area contributed by atoms with Crippen LogP contribution in [0.15, 0.2) is 30.6 Å². The van der Waals surface area contributed by atoms with Gasteiger partial charge < -0.3 is 10.1 Å². The molecule has 0 fully saturated rings. The first-order chi connectivity index (χ1) is 11.5. The molecule has 2 amide bonds. The van der Waals surface area contributed by atoms with Crippen LogP contribution in [-0.2, 0) is 11.3 Å². The van der Waals surface area contributed by atoms with Crippen molar-refractivity contribution in [2.75, 3.05) is 19.0 Å². The summed E-state index contributed by atoms with van der Waals surface area (Å²) in [7, 11) is 1.64. The van der Waals surface area contributed by atoms with Crippen LogP contribution in [0.3, 0.4) is 0 Å². The first kappa shape index (κ1) is 17.9. The number of anilines is 1. The highest BCUT2D eigenvalue weighted by molar-refractivity contribution is 5.88. The Morgan fingerprint density at radius 3 is 2.83 bits per heavy atom. The Hall–Kier alpha value is -2.41. The van der Waals surface area contributed by atoms with Crippen LogP contribution in [-0.4, -0.2) is 34.5 Å². The maximum atomic E-state index is 12.3. The average molecular weight is 331 g/mol. The molecular formula is C17H25N5O2. The summed E-state index contributed by atoms with van der Waals surface area (Å²) < 4.78 is 6.73. The number of nitrogens with zero attached hydrogens (tertiary/aromatic N) is 3. The lowest BCUT2D eigenvalue weighted by Gasteiger charge is -2.23. The summed E-state index contributed by atoms with van der Waals surface area (Å²) in [6, 6.07) is 5.18. The predicted molar refractivity (Wildman–Crippen MR) is 92.8 cm³/mol. The highest BCUT2D eigenvalue weighted by Crippen LogP contribution is 2.22. The zero-order valence-electron chi connectivity index (χ0n) is 14.6. The number of hydrogen-bond donors (Lipinski definition) is 2. The minimum absolute atomic E-state index is 0.165. The number of hydrogen-bond acceptors (Lipinski definition) is 4. The van der Waals surface area contributed by atoms with Crippen LogP contribution in [0.5, 0.6) is 0 Å². The maximum Gasteiger partial charge on any atom is 0.320 e. The molecule has 0 aliphatic rings. The van der Waals surface area contributed by atoms with Gasteiger partial charge in [0.2, 0.25) is 0 Å². The number of nitrogens with one attached hydrogen (secondary N) is 2. The standard InChI is InChI=1S/C17H25N5O2/c1-12(2)15(16-13(3)6-5-8-18-16)20-17(23)19-14-7-9-22(21-14)10-11-24-4/h5-9,12,15H,10-11H2,1-4H3,(H2,19,20,21,23)/t15-/m1/s1.